The summed E-state index contributed by atoms with van der Waals surface area (Å²) < 4.78 is 12.5. The van der Waals surface area contributed by atoms with Crippen molar-refractivity contribution in [1.82, 2.24) is 15.5 Å². The topological polar surface area (TPSA) is 101 Å². The molecule has 1 saturated heterocycles. The number of ether oxygens (including phenoxy) is 1. The van der Waals surface area contributed by atoms with Crippen molar-refractivity contribution in [3.05, 3.63) is 57.3 Å². The number of benzene rings is 2. The molecule has 2 aromatic heterocycles. The monoisotopic (exact) mass is 628 g/mol. The third-order valence-electron chi connectivity index (χ3n) is 8.27. The van der Waals surface area contributed by atoms with Crippen LogP contribution in [0.1, 0.15) is 80.5 Å². The molecule has 2 aromatic carbocycles. The van der Waals surface area contributed by atoms with Gasteiger partial charge in [0.2, 0.25) is 0 Å². The Bertz CT molecular complexity index is 1600. The zero-order chi connectivity index (χ0) is 29.5. The van der Waals surface area contributed by atoms with Crippen molar-refractivity contribution in [3.63, 3.8) is 0 Å². The lowest BCUT2D eigenvalue weighted by atomic mass is 9.90. The second-order valence-electron chi connectivity index (χ2n) is 11.2. The maximum absolute atomic E-state index is 11.7. The maximum Gasteiger partial charge on any atom is 0.335 e. The van der Waals surface area contributed by atoms with Crippen LogP contribution < -0.4 is 15.0 Å². The van der Waals surface area contributed by atoms with E-state index >= 15 is 0 Å². The number of rotatable bonds is 10. The Morgan fingerprint density at radius 2 is 1.98 bits per heavy atom. The van der Waals surface area contributed by atoms with Gasteiger partial charge in [0.1, 0.15) is 22.7 Å². The molecule has 4 aromatic rings. The quantitative estimate of drug-likeness (QED) is 0.181. The van der Waals surface area contributed by atoms with E-state index in [2.05, 4.69) is 29.2 Å². The highest BCUT2D eigenvalue weighted by Crippen LogP contribution is 2.46. The number of thiazole rings is 1. The van der Waals surface area contributed by atoms with Crippen LogP contribution in [-0.2, 0) is 6.54 Å². The van der Waals surface area contributed by atoms with E-state index in [9.17, 15) is 9.90 Å². The SMILES string of the molecule is CCOc1cc(C(=O)O)cc2sc(N3C(C)CC(NCc4c(-c5c(Cl)cccc5Cl)noc4C4CC4)CC3CC)nc12. The minimum absolute atomic E-state index is 0.209. The molecule has 1 aliphatic carbocycles. The molecular formula is C31H34Cl2N4O4S. The highest BCUT2D eigenvalue weighted by molar-refractivity contribution is 7.22. The van der Waals surface area contributed by atoms with Crippen molar-refractivity contribution < 1.29 is 19.2 Å². The number of anilines is 1. The van der Waals surface area contributed by atoms with Gasteiger partial charge in [0.25, 0.3) is 0 Å². The molecule has 6 rings (SSSR count). The van der Waals surface area contributed by atoms with E-state index in [1.807, 2.05) is 25.1 Å². The Morgan fingerprint density at radius 1 is 1.21 bits per heavy atom. The zero-order valence-electron chi connectivity index (χ0n) is 23.8. The second-order valence-corrected chi connectivity index (χ2v) is 13.0. The summed E-state index contributed by atoms with van der Waals surface area (Å²) in [6, 6.07) is 9.53. The first-order chi connectivity index (χ1) is 20.3. The van der Waals surface area contributed by atoms with Gasteiger partial charge in [0.05, 0.1) is 26.9 Å². The molecule has 222 valence electrons. The Labute approximate surface area is 259 Å². The van der Waals surface area contributed by atoms with Gasteiger partial charge in [-0.25, -0.2) is 9.78 Å². The molecule has 1 aliphatic heterocycles. The van der Waals surface area contributed by atoms with E-state index in [-0.39, 0.29) is 23.7 Å². The summed E-state index contributed by atoms with van der Waals surface area (Å²) >= 11 is 14.7. The van der Waals surface area contributed by atoms with Crippen LogP contribution >= 0.6 is 34.5 Å². The summed E-state index contributed by atoms with van der Waals surface area (Å²) in [6.07, 6.45) is 5.04. The van der Waals surface area contributed by atoms with E-state index < -0.39 is 5.97 Å². The Balaban J connectivity index is 1.24. The number of carboxylic acid groups (broad SMARTS) is 1. The highest BCUT2D eigenvalue weighted by Gasteiger charge is 2.37. The molecule has 8 nitrogen and oxygen atoms in total. The van der Waals surface area contributed by atoms with Crippen LogP contribution in [0.15, 0.2) is 34.9 Å². The molecule has 0 amide bonds. The fourth-order valence-corrected chi connectivity index (χ4v) is 7.88. The summed E-state index contributed by atoms with van der Waals surface area (Å²) in [5.74, 6) is 0.876. The first-order valence-electron chi connectivity index (χ1n) is 14.5. The molecule has 3 atom stereocenters. The average Bonchev–Trinajstić information content (AvgIpc) is 3.58. The van der Waals surface area contributed by atoms with Gasteiger partial charge in [-0.3, -0.25) is 0 Å². The second kappa shape index (κ2) is 12.0. The Hall–Kier alpha value is -2.85. The number of piperidine rings is 1. The van der Waals surface area contributed by atoms with Gasteiger partial charge in [0, 0.05) is 41.7 Å². The summed E-state index contributed by atoms with van der Waals surface area (Å²) in [7, 11) is 0. The lowest BCUT2D eigenvalue weighted by Gasteiger charge is -2.44. The lowest BCUT2D eigenvalue weighted by Crippen LogP contribution is -2.53. The van der Waals surface area contributed by atoms with Crippen LogP contribution in [0.25, 0.3) is 21.5 Å². The number of hydrogen-bond acceptors (Lipinski definition) is 8. The molecule has 42 heavy (non-hydrogen) atoms. The van der Waals surface area contributed by atoms with Crippen molar-refractivity contribution in [1.29, 1.82) is 0 Å². The van der Waals surface area contributed by atoms with Crippen LogP contribution in [0.4, 0.5) is 5.13 Å². The van der Waals surface area contributed by atoms with Crippen LogP contribution in [0, 0.1) is 0 Å². The number of fused-ring (bicyclic) bond motifs is 1. The Morgan fingerprint density at radius 3 is 2.64 bits per heavy atom. The smallest absolute Gasteiger partial charge is 0.335 e. The van der Waals surface area contributed by atoms with E-state index in [1.165, 1.54) is 11.3 Å². The lowest BCUT2D eigenvalue weighted by molar-refractivity contribution is 0.0696. The van der Waals surface area contributed by atoms with Crippen LogP contribution in [0.5, 0.6) is 5.75 Å². The molecule has 2 fully saturated rings. The van der Waals surface area contributed by atoms with Gasteiger partial charge >= 0.3 is 5.97 Å². The number of carboxylic acids is 1. The van der Waals surface area contributed by atoms with Crippen molar-refractivity contribution in [2.45, 2.75) is 83.5 Å². The first-order valence-corrected chi connectivity index (χ1v) is 16.1. The number of nitrogens with one attached hydrogen (secondary N) is 1. The third-order valence-corrected chi connectivity index (χ3v) is 9.92. The fraction of sp³-hybridized carbons (Fsp3) is 0.452. The summed E-state index contributed by atoms with van der Waals surface area (Å²) in [5, 5.41) is 19.9. The van der Waals surface area contributed by atoms with Crippen LogP contribution in [0.3, 0.4) is 0 Å². The molecule has 2 N–H and O–H groups in total. The van der Waals surface area contributed by atoms with E-state index in [0.29, 0.717) is 34.9 Å². The number of aromatic carboxylic acids is 1. The molecule has 3 heterocycles. The standard InChI is InChI=1S/C31H34Cl2N4O4S/c1-4-20-14-19(34-15-21-27(36-41-29(21)17-9-10-17)26-22(32)7-6-8-23(26)33)11-16(3)37(20)31-35-28-24(40-5-2)12-18(30(38)39)13-25(28)42-31/h6-8,12-13,16-17,19-20,34H,4-5,9-11,14-15H2,1-3H3,(H,38,39). The van der Waals surface area contributed by atoms with Crippen LogP contribution in [-0.4, -0.2) is 45.9 Å². The molecule has 0 bridgehead atoms. The Kier molecular flexibility index (Phi) is 8.37. The van der Waals surface area contributed by atoms with E-state index in [4.69, 9.17) is 37.4 Å². The molecule has 2 aliphatic rings. The number of halogens is 2. The number of aromatic nitrogens is 2. The van der Waals surface area contributed by atoms with Crippen LogP contribution in [0.2, 0.25) is 10.0 Å². The average molecular weight is 630 g/mol. The van der Waals surface area contributed by atoms with Crippen molar-refractivity contribution in [3.8, 4) is 17.0 Å². The summed E-state index contributed by atoms with van der Waals surface area (Å²) in [4.78, 5) is 19.1. The number of carbonyl (C=O) groups is 1. The van der Waals surface area contributed by atoms with Crippen molar-refractivity contribution >= 4 is 55.9 Å². The van der Waals surface area contributed by atoms with Crippen molar-refractivity contribution in [2.24, 2.45) is 0 Å². The maximum atomic E-state index is 11.7. The largest absolute Gasteiger partial charge is 0.492 e. The van der Waals surface area contributed by atoms with Gasteiger partial charge in [-0.15, -0.1) is 0 Å². The van der Waals surface area contributed by atoms with Crippen molar-refractivity contribution in [2.75, 3.05) is 11.5 Å². The summed E-state index contributed by atoms with van der Waals surface area (Å²) in [6.45, 7) is 7.39. The normalized spacial score (nSPS) is 20.8. The molecule has 11 heteroatoms. The van der Waals surface area contributed by atoms with Gasteiger partial charge < -0.3 is 24.6 Å². The van der Waals surface area contributed by atoms with Gasteiger partial charge in [-0.1, -0.05) is 52.7 Å². The first kappa shape index (κ1) is 29.2. The minimum Gasteiger partial charge on any atom is -0.492 e. The minimum atomic E-state index is -0.975. The molecule has 3 unspecified atom stereocenters. The predicted octanol–water partition coefficient (Wildman–Crippen LogP) is 8.16. The zero-order valence-corrected chi connectivity index (χ0v) is 26.2. The number of hydrogen-bond donors (Lipinski definition) is 2. The highest BCUT2D eigenvalue weighted by atomic mass is 35.5. The van der Waals surface area contributed by atoms with Gasteiger partial charge in [-0.2, -0.15) is 0 Å². The van der Waals surface area contributed by atoms with Gasteiger partial charge in [-0.05, 0) is 70.2 Å². The fourth-order valence-electron chi connectivity index (χ4n) is 6.11. The van der Waals surface area contributed by atoms with Gasteiger partial charge in [0.15, 0.2) is 5.13 Å². The molecule has 0 spiro atoms. The summed E-state index contributed by atoms with van der Waals surface area (Å²) in [5.41, 5.74) is 3.41. The van der Waals surface area contributed by atoms with E-state index in [1.54, 1.807) is 12.1 Å². The number of nitrogens with zero attached hydrogens (tertiary/aromatic N) is 3. The molecular weight excluding hydrogens is 595 g/mol. The van der Waals surface area contributed by atoms with E-state index in [0.717, 1.165) is 70.0 Å². The predicted molar refractivity (Wildman–Crippen MR) is 168 cm³/mol. The molecule has 1 saturated carbocycles. The third kappa shape index (κ3) is 5.60. The molecule has 0 radical (unpaired) electrons.